The molecule has 1 saturated heterocycles. The Labute approximate surface area is 151 Å². The van der Waals surface area contributed by atoms with Gasteiger partial charge in [-0.1, -0.05) is 12.1 Å². The number of rotatable bonds is 3. The lowest BCUT2D eigenvalue weighted by atomic mass is 10.2. The Hall–Kier alpha value is -2.80. The van der Waals surface area contributed by atoms with Gasteiger partial charge in [-0.3, -0.25) is 9.69 Å². The van der Waals surface area contributed by atoms with Crippen molar-refractivity contribution in [1.82, 2.24) is 5.32 Å². The second-order valence-electron chi connectivity index (χ2n) is 5.65. The zero-order chi connectivity index (χ0) is 17.4. The summed E-state index contributed by atoms with van der Waals surface area (Å²) in [6.07, 6.45) is 0. The Kier molecular flexibility index (Phi) is 3.93. The maximum absolute atomic E-state index is 12.4. The van der Waals surface area contributed by atoms with Gasteiger partial charge in [-0.15, -0.1) is 0 Å². The summed E-state index contributed by atoms with van der Waals surface area (Å²) in [5, 5.41) is 6.41. The van der Waals surface area contributed by atoms with E-state index >= 15 is 0 Å². The number of urea groups is 1. The van der Waals surface area contributed by atoms with Gasteiger partial charge in [0.1, 0.15) is 5.58 Å². The molecule has 4 rings (SSSR count). The highest BCUT2D eigenvalue weighted by Gasteiger charge is 2.21. The number of halogens is 1. The molecule has 0 aliphatic carbocycles. The number of carbonyl (C=O) groups excluding carboxylic acids is 2. The zero-order valence-corrected chi connectivity index (χ0v) is 14.7. The van der Waals surface area contributed by atoms with Crippen LogP contribution in [0.2, 0.25) is 0 Å². The normalized spacial score (nSPS) is 14.0. The summed E-state index contributed by atoms with van der Waals surface area (Å²) in [6, 6.07) is 14.4. The lowest BCUT2D eigenvalue weighted by molar-refractivity contribution is 0.0998. The fourth-order valence-corrected chi connectivity index (χ4v) is 3.24. The van der Waals surface area contributed by atoms with Crippen LogP contribution in [0.25, 0.3) is 11.0 Å². The number of amides is 3. The first kappa shape index (κ1) is 15.7. The first-order valence-electron chi connectivity index (χ1n) is 7.77. The maximum atomic E-state index is 12.4. The second kappa shape index (κ2) is 6.25. The maximum Gasteiger partial charge on any atom is 0.321 e. The summed E-state index contributed by atoms with van der Waals surface area (Å²) in [6.45, 7) is 1.28. The molecule has 126 valence electrons. The van der Waals surface area contributed by atoms with E-state index in [4.69, 9.17) is 4.42 Å². The van der Waals surface area contributed by atoms with Gasteiger partial charge in [0.05, 0.1) is 4.47 Å². The Morgan fingerprint density at radius 1 is 1.20 bits per heavy atom. The summed E-state index contributed by atoms with van der Waals surface area (Å²) in [4.78, 5) is 25.7. The van der Waals surface area contributed by atoms with E-state index in [9.17, 15) is 9.59 Å². The molecule has 3 aromatic rings. The quantitative estimate of drug-likeness (QED) is 0.699. The van der Waals surface area contributed by atoms with Crippen LogP contribution in [0.4, 0.5) is 16.2 Å². The monoisotopic (exact) mass is 399 g/mol. The smallest absolute Gasteiger partial charge is 0.321 e. The lowest BCUT2D eigenvalue weighted by Gasteiger charge is -2.14. The average Bonchev–Trinajstić information content (AvgIpc) is 3.23. The van der Waals surface area contributed by atoms with Crippen molar-refractivity contribution in [2.45, 2.75) is 0 Å². The van der Waals surface area contributed by atoms with E-state index in [1.807, 2.05) is 18.2 Å². The van der Waals surface area contributed by atoms with Crippen LogP contribution in [0.15, 0.2) is 57.4 Å². The molecule has 0 radical (unpaired) electrons. The van der Waals surface area contributed by atoms with Crippen molar-refractivity contribution in [2.75, 3.05) is 23.3 Å². The summed E-state index contributed by atoms with van der Waals surface area (Å²) < 4.78 is 6.43. The Morgan fingerprint density at radius 3 is 2.68 bits per heavy atom. The summed E-state index contributed by atoms with van der Waals surface area (Å²) >= 11 is 3.41. The van der Waals surface area contributed by atoms with Gasteiger partial charge in [0.15, 0.2) is 5.76 Å². The predicted octanol–water partition coefficient (Wildman–Crippen LogP) is 3.98. The third-order valence-corrected chi connectivity index (χ3v) is 4.64. The molecule has 2 heterocycles. The molecule has 0 saturated carbocycles. The van der Waals surface area contributed by atoms with Crippen molar-refractivity contribution in [3.8, 4) is 0 Å². The SMILES string of the molecule is O=C(Nc1ccc(N2CCNC2=O)cc1)c1cc2cccc(Br)c2o1. The molecule has 0 atom stereocenters. The fourth-order valence-electron chi connectivity index (χ4n) is 2.77. The third kappa shape index (κ3) is 2.98. The largest absolute Gasteiger partial charge is 0.450 e. The van der Waals surface area contributed by atoms with Crippen molar-refractivity contribution in [2.24, 2.45) is 0 Å². The standard InChI is InChI=1S/C18H14BrN3O3/c19-14-3-1-2-11-10-15(25-16(11)14)17(23)21-12-4-6-13(7-5-12)22-9-8-20-18(22)24/h1-7,10H,8-9H2,(H,20,24)(H,21,23). The molecular weight excluding hydrogens is 386 g/mol. The number of fused-ring (bicyclic) bond motifs is 1. The number of hydrogen-bond acceptors (Lipinski definition) is 3. The molecule has 25 heavy (non-hydrogen) atoms. The van der Waals surface area contributed by atoms with E-state index in [2.05, 4.69) is 26.6 Å². The molecule has 0 spiro atoms. The van der Waals surface area contributed by atoms with Gasteiger partial charge in [-0.05, 0) is 52.3 Å². The van der Waals surface area contributed by atoms with E-state index in [-0.39, 0.29) is 17.7 Å². The minimum absolute atomic E-state index is 0.107. The van der Waals surface area contributed by atoms with Crippen LogP contribution in [-0.2, 0) is 0 Å². The van der Waals surface area contributed by atoms with E-state index < -0.39 is 0 Å². The van der Waals surface area contributed by atoms with Crippen molar-refractivity contribution >= 4 is 50.2 Å². The van der Waals surface area contributed by atoms with E-state index in [1.165, 1.54) is 0 Å². The third-order valence-electron chi connectivity index (χ3n) is 4.01. The number of nitrogens with one attached hydrogen (secondary N) is 2. The predicted molar refractivity (Wildman–Crippen MR) is 99.1 cm³/mol. The lowest BCUT2D eigenvalue weighted by Crippen LogP contribution is -2.27. The molecule has 2 N–H and O–H groups in total. The first-order valence-corrected chi connectivity index (χ1v) is 8.56. The van der Waals surface area contributed by atoms with Crippen molar-refractivity contribution in [1.29, 1.82) is 0 Å². The number of nitrogens with zero attached hydrogens (tertiary/aromatic N) is 1. The molecule has 7 heteroatoms. The number of furan rings is 1. The molecule has 0 unspecified atom stereocenters. The van der Waals surface area contributed by atoms with Crippen molar-refractivity contribution in [3.63, 3.8) is 0 Å². The molecule has 1 fully saturated rings. The molecule has 0 bridgehead atoms. The van der Waals surface area contributed by atoms with Gasteiger partial charge in [0, 0.05) is 29.9 Å². The van der Waals surface area contributed by atoms with Gasteiger partial charge in [-0.25, -0.2) is 4.79 Å². The fraction of sp³-hybridized carbons (Fsp3) is 0.111. The highest BCUT2D eigenvalue weighted by Crippen LogP contribution is 2.27. The number of para-hydroxylation sites is 1. The highest BCUT2D eigenvalue weighted by atomic mass is 79.9. The molecule has 1 aromatic heterocycles. The van der Waals surface area contributed by atoms with Crippen LogP contribution in [0.5, 0.6) is 0 Å². The van der Waals surface area contributed by atoms with Crippen LogP contribution in [0, 0.1) is 0 Å². The van der Waals surface area contributed by atoms with Gasteiger partial charge < -0.3 is 15.1 Å². The van der Waals surface area contributed by atoms with Gasteiger partial charge in [-0.2, -0.15) is 0 Å². The van der Waals surface area contributed by atoms with Gasteiger partial charge in [0.25, 0.3) is 5.91 Å². The van der Waals surface area contributed by atoms with Gasteiger partial charge >= 0.3 is 6.03 Å². The van der Waals surface area contributed by atoms with E-state index in [1.54, 1.807) is 35.2 Å². The minimum atomic E-state index is -0.324. The van der Waals surface area contributed by atoms with Crippen LogP contribution in [0.1, 0.15) is 10.6 Å². The van der Waals surface area contributed by atoms with E-state index in [0.29, 0.717) is 24.4 Å². The minimum Gasteiger partial charge on any atom is -0.450 e. The topological polar surface area (TPSA) is 74.6 Å². The Balaban J connectivity index is 1.52. The summed E-state index contributed by atoms with van der Waals surface area (Å²) in [5.74, 6) is -0.0836. The van der Waals surface area contributed by atoms with Crippen LogP contribution in [0.3, 0.4) is 0 Å². The number of carbonyl (C=O) groups is 2. The Bertz CT molecular complexity index is 965. The second-order valence-corrected chi connectivity index (χ2v) is 6.51. The van der Waals surface area contributed by atoms with Crippen LogP contribution < -0.4 is 15.5 Å². The number of hydrogen-bond donors (Lipinski definition) is 2. The number of benzene rings is 2. The molecule has 3 amide bonds. The molecule has 2 aromatic carbocycles. The zero-order valence-electron chi connectivity index (χ0n) is 13.1. The molecular formula is C18H14BrN3O3. The van der Waals surface area contributed by atoms with Crippen LogP contribution >= 0.6 is 15.9 Å². The first-order chi connectivity index (χ1) is 12.1. The molecule has 1 aliphatic rings. The average molecular weight is 400 g/mol. The van der Waals surface area contributed by atoms with Crippen molar-refractivity contribution in [3.05, 3.63) is 58.8 Å². The van der Waals surface area contributed by atoms with Gasteiger partial charge in [0.2, 0.25) is 0 Å². The highest BCUT2D eigenvalue weighted by molar-refractivity contribution is 9.10. The Morgan fingerprint density at radius 2 is 2.00 bits per heavy atom. The molecule has 1 aliphatic heterocycles. The van der Waals surface area contributed by atoms with Crippen molar-refractivity contribution < 1.29 is 14.0 Å². The summed E-state index contributed by atoms with van der Waals surface area (Å²) in [7, 11) is 0. The van der Waals surface area contributed by atoms with Crippen LogP contribution in [-0.4, -0.2) is 25.0 Å². The number of anilines is 2. The summed E-state index contributed by atoms with van der Waals surface area (Å²) in [5.41, 5.74) is 2.07. The van der Waals surface area contributed by atoms with E-state index in [0.717, 1.165) is 15.5 Å². The molecule has 6 nitrogen and oxygen atoms in total.